The van der Waals surface area contributed by atoms with Crippen LogP contribution in [-0.4, -0.2) is 37.0 Å². The van der Waals surface area contributed by atoms with Gasteiger partial charge in [-0.05, 0) is 31.2 Å². The average molecular weight is 374 g/mol. The number of benzene rings is 2. The summed E-state index contributed by atoms with van der Waals surface area (Å²) in [5, 5.41) is 5.20. The second-order valence-electron chi connectivity index (χ2n) is 5.39. The summed E-state index contributed by atoms with van der Waals surface area (Å²) in [4.78, 5) is 24.4. The molecule has 138 valence electrons. The number of methoxy groups -OCH3 is 2. The number of para-hydroxylation sites is 4. The molecule has 0 radical (unpaired) electrons. The van der Waals surface area contributed by atoms with Crippen molar-refractivity contribution in [3.05, 3.63) is 48.5 Å². The molecule has 0 fully saturated rings. The molecule has 1 atom stereocenters. The second kappa shape index (κ2) is 9.72. The number of carbonyl (C=O) groups is 2. The van der Waals surface area contributed by atoms with E-state index in [1.807, 2.05) is 24.3 Å². The molecule has 0 heterocycles. The summed E-state index contributed by atoms with van der Waals surface area (Å²) >= 11 is 1.25. The summed E-state index contributed by atoms with van der Waals surface area (Å²) < 4.78 is 10.4. The summed E-state index contributed by atoms with van der Waals surface area (Å²) in [6, 6.07) is 14.4. The van der Waals surface area contributed by atoms with Crippen LogP contribution in [0.2, 0.25) is 0 Å². The van der Waals surface area contributed by atoms with Gasteiger partial charge in [0.05, 0.1) is 36.6 Å². The lowest BCUT2D eigenvalue weighted by Gasteiger charge is -2.14. The first-order valence-corrected chi connectivity index (χ1v) is 9.08. The minimum absolute atomic E-state index is 0.151. The molecule has 2 amide bonds. The van der Waals surface area contributed by atoms with Crippen LogP contribution >= 0.6 is 11.8 Å². The van der Waals surface area contributed by atoms with Crippen LogP contribution in [0.15, 0.2) is 48.5 Å². The van der Waals surface area contributed by atoms with Crippen molar-refractivity contribution < 1.29 is 19.1 Å². The number of nitrogens with one attached hydrogen (secondary N) is 2. The molecule has 0 aliphatic carbocycles. The fourth-order valence-electron chi connectivity index (χ4n) is 2.19. The van der Waals surface area contributed by atoms with Crippen LogP contribution in [0.25, 0.3) is 0 Å². The highest BCUT2D eigenvalue weighted by molar-refractivity contribution is 8.01. The highest BCUT2D eigenvalue weighted by Gasteiger charge is 2.17. The van der Waals surface area contributed by atoms with E-state index in [1.165, 1.54) is 11.8 Å². The molecule has 2 N–H and O–H groups in total. The number of hydrogen-bond acceptors (Lipinski definition) is 5. The van der Waals surface area contributed by atoms with Crippen molar-refractivity contribution in [2.24, 2.45) is 0 Å². The first kappa shape index (κ1) is 19.7. The molecule has 0 saturated carbocycles. The fraction of sp³-hybridized carbons (Fsp3) is 0.263. The molecule has 0 unspecified atom stereocenters. The minimum atomic E-state index is -0.400. The number of rotatable bonds is 8. The van der Waals surface area contributed by atoms with Crippen LogP contribution in [0.5, 0.6) is 11.5 Å². The second-order valence-corrected chi connectivity index (χ2v) is 6.72. The lowest BCUT2D eigenvalue weighted by molar-refractivity contribution is -0.115. The number of carbonyl (C=O) groups excluding carboxylic acids is 2. The Balaban J connectivity index is 1.86. The van der Waals surface area contributed by atoms with Crippen molar-refractivity contribution in [3.8, 4) is 11.5 Å². The van der Waals surface area contributed by atoms with E-state index in [0.29, 0.717) is 22.9 Å². The quantitative estimate of drug-likeness (QED) is 0.741. The van der Waals surface area contributed by atoms with E-state index in [1.54, 1.807) is 45.4 Å². The first-order chi connectivity index (χ1) is 12.5. The minimum Gasteiger partial charge on any atom is -0.495 e. The predicted octanol–water partition coefficient (Wildman–Crippen LogP) is 3.40. The summed E-state index contributed by atoms with van der Waals surface area (Å²) in [5.41, 5.74) is 1.21. The maximum absolute atomic E-state index is 12.3. The number of ether oxygens (including phenoxy) is 2. The molecule has 0 aliphatic heterocycles. The smallest absolute Gasteiger partial charge is 0.237 e. The Bertz CT molecular complexity index is 767. The van der Waals surface area contributed by atoms with Crippen LogP contribution in [0, 0.1) is 0 Å². The molecular weight excluding hydrogens is 352 g/mol. The van der Waals surface area contributed by atoms with Crippen LogP contribution in [0.3, 0.4) is 0 Å². The molecule has 2 aromatic rings. The normalized spacial score (nSPS) is 11.3. The van der Waals surface area contributed by atoms with Gasteiger partial charge in [-0.2, -0.15) is 0 Å². The van der Waals surface area contributed by atoms with Gasteiger partial charge in [0.2, 0.25) is 11.8 Å². The van der Waals surface area contributed by atoms with Crippen LogP contribution in [0.1, 0.15) is 6.92 Å². The molecule has 7 heteroatoms. The molecular formula is C19H22N2O4S. The zero-order valence-electron chi connectivity index (χ0n) is 14.9. The van der Waals surface area contributed by atoms with E-state index < -0.39 is 5.25 Å². The third-order valence-electron chi connectivity index (χ3n) is 3.58. The highest BCUT2D eigenvalue weighted by Crippen LogP contribution is 2.25. The van der Waals surface area contributed by atoms with Gasteiger partial charge in [-0.25, -0.2) is 0 Å². The summed E-state index contributed by atoms with van der Waals surface area (Å²) in [7, 11) is 3.09. The van der Waals surface area contributed by atoms with Crippen molar-refractivity contribution in [2.75, 3.05) is 30.6 Å². The molecule has 0 bridgehead atoms. The lowest BCUT2D eigenvalue weighted by Crippen LogP contribution is -2.25. The lowest BCUT2D eigenvalue weighted by atomic mass is 10.3. The largest absolute Gasteiger partial charge is 0.495 e. The summed E-state index contributed by atoms with van der Waals surface area (Å²) in [6.45, 7) is 1.76. The van der Waals surface area contributed by atoms with Crippen molar-refractivity contribution in [3.63, 3.8) is 0 Å². The highest BCUT2D eigenvalue weighted by atomic mass is 32.2. The van der Waals surface area contributed by atoms with Gasteiger partial charge in [-0.15, -0.1) is 11.8 Å². The van der Waals surface area contributed by atoms with Crippen LogP contribution in [0.4, 0.5) is 11.4 Å². The van der Waals surface area contributed by atoms with Gasteiger partial charge < -0.3 is 20.1 Å². The number of hydrogen-bond donors (Lipinski definition) is 2. The van der Waals surface area contributed by atoms with Gasteiger partial charge >= 0.3 is 0 Å². The molecule has 0 aromatic heterocycles. The van der Waals surface area contributed by atoms with E-state index in [-0.39, 0.29) is 17.6 Å². The van der Waals surface area contributed by atoms with Gasteiger partial charge in [0, 0.05) is 0 Å². The number of anilines is 2. The maximum Gasteiger partial charge on any atom is 0.237 e. The molecule has 2 rings (SSSR count). The number of thioether (sulfide) groups is 1. The van der Waals surface area contributed by atoms with Gasteiger partial charge in [-0.1, -0.05) is 24.3 Å². The SMILES string of the molecule is COc1ccccc1NC(=O)CS[C@H](C)C(=O)Nc1ccccc1OC. The summed E-state index contributed by atoms with van der Waals surface area (Å²) in [6.07, 6.45) is 0. The fourth-order valence-corrected chi connectivity index (χ4v) is 2.88. The van der Waals surface area contributed by atoms with E-state index in [9.17, 15) is 9.59 Å². The molecule has 26 heavy (non-hydrogen) atoms. The Morgan fingerprint density at radius 3 is 1.96 bits per heavy atom. The van der Waals surface area contributed by atoms with Crippen molar-refractivity contribution in [1.82, 2.24) is 0 Å². The molecule has 2 aromatic carbocycles. The first-order valence-electron chi connectivity index (χ1n) is 8.03. The monoisotopic (exact) mass is 374 g/mol. The van der Waals surface area contributed by atoms with Crippen LogP contribution in [-0.2, 0) is 9.59 Å². The Morgan fingerprint density at radius 1 is 0.923 bits per heavy atom. The van der Waals surface area contributed by atoms with Crippen molar-refractivity contribution in [2.45, 2.75) is 12.2 Å². The Morgan fingerprint density at radius 2 is 1.42 bits per heavy atom. The van der Waals surface area contributed by atoms with Gasteiger partial charge in [0.1, 0.15) is 11.5 Å². The van der Waals surface area contributed by atoms with Gasteiger partial charge in [-0.3, -0.25) is 9.59 Å². The number of amides is 2. The zero-order valence-corrected chi connectivity index (χ0v) is 15.8. The van der Waals surface area contributed by atoms with E-state index in [2.05, 4.69) is 10.6 Å². The molecule has 0 saturated heterocycles. The third kappa shape index (κ3) is 5.42. The van der Waals surface area contributed by atoms with Crippen LogP contribution < -0.4 is 20.1 Å². The topological polar surface area (TPSA) is 76.7 Å². The third-order valence-corrected chi connectivity index (χ3v) is 4.72. The van der Waals surface area contributed by atoms with Gasteiger partial charge in [0.15, 0.2) is 0 Å². The Labute approximate surface area is 157 Å². The zero-order chi connectivity index (χ0) is 18.9. The van der Waals surface area contributed by atoms with Gasteiger partial charge in [0.25, 0.3) is 0 Å². The Hall–Kier alpha value is -2.67. The van der Waals surface area contributed by atoms with E-state index in [0.717, 1.165) is 0 Å². The average Bonchev–Trinajstić information content (AvgIpc) is 2.66. The summed E-state index contributed by atoms with van der Waals surface area (Å²) in [5.74, 6) is 0.944. The predicted molar refractivity (Wildman–Crippen MR) is 105 cm³/mol. The Kier molecular flexibility index (Phi) is 7.35. The molecule has 0 spiro atoms. The van der Waals surface area contributed by atoms with Crippen molar-refractivity contribution >= 4 is 35.0 Å². The van der Waals surface area contributed by atoms with E-state index in [4.69, 9.17) is 9.47 Å². The van der Waals surface area contributed by atoms with Crippen molar-refractivity contribution in [1.29, 1.82) is 0 Å². The maximum atomic E-state index is 12.3. The molecule has 6 nitrogen and oxygen atoms in total. The molecule has 0 aliphatic rings. The standard InChI is InChI=1S/C19H22N2O4S/c1-13(19(23)21-15-9-5-7-11-17(15)25-3)26-12-18(22)20-14-8-4-6-10-16(14)24-2/h4-11,13H,12H2,1-3H3,(H,20,22)(H,21,23)/t13-/m1/s1. The van der Waals surface area contributed by atoms with E-state index >= 15 is 0 Å².